The van der Waals surface area contributed by atoms with E-state index in [-0.39, 0.29) is 6.04 Å². The normalized spacial score (nSPS) is 20.5. The first-order chi connectivity index (χ1) is 7.18. The van der Waals surface area contributed by atoms with E-state index >= 15 is 0 Å². The predicted molar refractivity (Wildman–Crippen MR) is 53.0 cm³/mol. The van der Waals surface area contributed by atoms with Gasteiger partial charge in [0, 0.05) is 12.1 Å². The largest absolute Gasteiger partial charge is 0.310 e. The van der Waals surface area contributed by atoms with Crippen molar-refractivity contribution in [3.63, 3.8) is 0 Å². The van der Waals surface area contributed by atoms with E-state index in [1.165, 1.54) is 12.1 Å². The van der Waals surface area contributed by atoms with Crippen LogP contribution in [0.5, 0.6) is 0 Å². The van der Waals surface area contributed by atoms with Crippen molar-refractivity contribution in [1.82, 2.24) is 5.32 Å². The predicted octanol–water partition coefficient (Wildman–Crippen LogP) is 2.16. The molecule has 1 N–H and O–H groups in total. The van der Waals surface area contributed by atoms with Gasteiger partial charge in [0.25, 0.3) is 0 Å². The molecule has 4 nitrogen and oxygen atoms in total. The third-order valence-corrected chi connectivity index (χ3v) is 2.63. The molecule has 2 rings (SSSR count). The third kappa shape index (κ3) is 1.97. The highest BCUT2D eigenvalue weighted by atomic mass is 19.1. The van der Waals surface area contributed by atoms with Crippen LogP contribution in [0.15, 0.2) is 18.2 Å². The van der Waals surface area contributed by atoms with Gasteiger partial charge in [-0.25, -0.2) is 0 Å². The van der Waals surface area contributed by atoms with Gasteiger partial charge in [0.2, 0.25) is 5.82 Å². The van der Waals surface area contributed by atoms with Gasteiger partial charge in [-0.2, -0.15) is 4.39 Å². The lowest BCUT2D eigenvalue weighted by Crippen LogP contribution is -2.13. The van der Waals surface area contributed by atoms with Crippen LogP contribution in [0.2, 0.25) is 0 Å². The van der Waals surface area contributed by atoms with E-state index in [1.807, 2.05) is 0 Å². The van der Waals surface area contributed by atoms with Crippen molar-refractivity contribution in [3.05, 3.63) is 39.7 Å². The summed E-state index contributed by atoms with van der Waals surface area (Å²) in [6.45, 7) is 0.920. The summed E-state index contributed by atoms with van der Waals surface area (Å²) in [7, 11) is 0. The molecule has 0 bridgehead atoms. The SMILES string of the molecule is O=[N+]([O-])c1ccc([C@@H]2CCCN2)cc1F. The third-order valence-electron chi connectivity index (χ3n) is 2.63. The van der Waals surface area contributed by atoms with Crippen LogP contribution >= 0.6 is 0 Å². The number of nitro benzene ring substituents is 1. The number of hydrogen-bond donors (Lipinski definition) is 1. The molecule has 0 aliphatic carbocycles. The van der Waals surface area contributed by atoms with E-state index in [2.05, 4.69) is 5.32 Å². The Balaban J connectivity index is 2.28. The number of hydrogen-bond acceptors (Lipinski definition) is 3. The van der Waals surface area contributed by atoms with E-state index in [4.69, 9.17) is 0 Å². The fourth-order valence-corrected chi connectivity index (χ4v) is 1.86. The molecule has 0 unspecified atom stereocenters. The fraction of sp³-hybridized carbons (Fsp3) is 0.400. The Kier molecular flexibility index (Phi) is 2.64. The summed E-state index contributed by atoms with van der Waals surface area (Å²) in [5, 5.41) is 13.6. The second-order valence-electron chi connectivity index (χ2n) is 3.62. The van der Waals surface area contributed by atoms with E-state index < -0.39 is 16.4 Å². The first-order valence-corrected chi connectivity index (χ1v) is 4.85. The number of rotatable bonds is 2. The first kappa shape index (κ1) is 10.0. The minimum absolute atomic E-state index is 0.139. The Bertz CT molecular complexity index is 389. The van der Waals surface area contributed by atoms with Gasteiger partial charge in [-0.15, -0.1) is 0 Å². The van der Waals surface area contributed by atoms with Crippen LogP contribution in [-0.4, -0.2) is 11.5 Å². The quantitative estimate of drug-likeness (QED) is 0.601. The molecule has 1 heterocycles. The van der Waals surface area contributed by atoms with Crippen molar-refractivity contribution in [2.24, 2.45) is 0 Å². The van der Waals surface area contributed by atoms with Crippen LogP contribution in [0.25, 0.3) is 0 Å². The number of nitrogens with zero attached hydrogens (tertiary/aromatic N) is 1. The molecule has 0 radical (unpaired) electrons. The summed E-state index contributed by atoms with van der Waals surface area (Å²) in [6, 6.07) is 4.23. The smallest absolute Gasteiger partial charge is 0.304 e. The average molecular weight is 210 g/mol. The van der Waals surface area contributed by atoms with Crippen LogP contribution in [0.4, 0.5) is 10.1 Å². The Morgan fingerprint density at radius 3 is 2.87 bits per heavy atom. The molecule has 0 amide bonds. The monoisotopic (exact) mass is 210 g/mol. The molecule has 15 heavy (non-hydrogen) atoms. The van der Waals surface area contributed by atoms with Gasteiger partial charge in [-0.05, 0) is 31.0 Å². The maximum atomic E-state index is 13.3. The van der Waals surface area contributed by atoms with Gasteiger partial charge in [0.15, 0.2) is 0 Å². The summed E-state index contributed by atoms with van der Waals surface area (Å²) in [4.78, 5) is 9.70. The lowest BCUT2D eigenvalue weighted by Gasteiger charge is -2.09. The molecule has 0 aromatic heterocycles. The lowest BCUT2D eigenvalue weighted by atomic mass is 10.0. The highest BCUT2D eigenvalue weighted by Crippen LogP contribution is 2.26. The average Bonchev–Trinajstić information content (AvgIpc) is 2.69. The Morgan fingerprint density at radius 2 is 2.33 bits per heavy atom. The number of nitrogens with one attached hydrogen (secondary N) is 1. The van der Waals surface area contributed by atoms with Crippen molar-refractivity contribution in [1.29, 1.82) is 0 Å². The van der Waals surface area contributed by atoms with Crippen molar-refractivity contribution < 1.29 is 9.31 Å². The zero-order chi connectivity index (χ0) is 10.8. The Hall–Kier alpha value is -1.49. The van der Waals surface area contributed by atoms with Crippen molar-refractivity contribution in [2.45, 2.75) is 18.9 Å². The standard InChI is InChI=1S/C10H11FN2O2/c11-8-6-7(9-2-1-5-12-9)3-4-10(8)13(14)15/h3-4,6,9,12H,1-2,5H2/t9-/m0/s1. The summed E-state index contributed by atoms with van der Waals surface area (Å²) in [5.41, 5.74) is 0.326. The van der Waals surface area contributed by atoms with E-state index in [0.717, 1.165) is 24.9 Å². The van der Waals surface area contributed by atoms with E-state index in [0.29, 0.717) is 0 Å². The molecule has 1 aromatic rings. The molecule has 1 fully saturated rings. The zero-order valence-electron chi connectivity index (χ0n) is 8.07. The van der Waals surface area contributed by atoms with Gasteiger partial charge in [0.1, 0.15) is 0 Å². The second-order valence-corrected chi connectivity index (χ2v) is 3.62. The zero-order valence-corrected chi connectivity index (χ0v) is 8.07. The molecular formula is C10H11FN2O2. The Labute approximate surface area is 86.3 Å². The molecule has 5 heteroatoms. The van der Waals surface area contributed by atoms with Gasteiger partial charge in [-0.1, -0.05) is 6.07 Å². The number of halogens is 1. The first-order valence-electron chi connectivity index (χ1n) is 4.85. The molecule has 1 aromatic carbocycles. The Morgan fingerprint density at radius 1 is 1.53 bits per heavy atom. The molecule has 0 saturated carbocycles. The molecule has 0 spiro atoms. The highest BCUT2D eigenvalue weighted by Gasteiger charge is 2.20. The minimum atomic E-state index is -0.758. The summed E-state index contributed by atoms with van der Waals surface area (Å²) < 4.78 is 13.3. The van der Waals surface area contributed by atoms with Crippen LogP contribution in [0.1, 0.15) is 24.4 Å². The molecular weight excluding hydrogens is 199 g/mol. The van der Waals surface area contributed by atoms with Crippen molar-refractivity contribution in [2.75, 3.05) is 6.54 Å². The van der Waals surface area contributed by atoms with E-state index in [9.17, 15) is 14.5 Å². The maximum Gasteiger partial charge on any atom is 0.304 e. The summed E-state index contributed by atoms with van der Waals surface area (Å²) in [6.07, 6.45) is 2.01. The van der Waals surface area contributed by atoms with Crippen LogP contribution in [0, 0.1) is 15.9 Å². The van der Waals surface area contributed by atoms with Gasteiger partial charge in [-0.3, -0.25) is 10.1 Å². The summed E-state index contributed by atoms with van der Waals surface area (Å²) in [5.74, 6) is -0.758. The molecule has 1 aliphatic rings. The topological polar surface area (TPSA) is 55.2 Å². The molecule has 1 aliphatic heterocycles. The van der Waals surface area contributed by atoms with Crippen molar-refractivity contribution >= 4 is 5.69 Å². The van der Waals surface area contributed by atoms with E-state index in [1.54, 1.807) is 6.07 Å². The second kappa shape index (κ2) is 3.94. The van der Waals surface area contributed by atoms with Gasteiger partial charge >= 0.3 is 5.69 Å². The van der Waals surface area contributed by atoms with Gasteiger partial charge in [0.05, 0.1) is 4.92 Å². The van der Waals surface area contributed by atoms with Crippen LogP contribution in [-0.2, 0) is 0 Å². The molecule has 1 saturated heterocycles. The fourth-order valence-electron chi connectivity index (χ4n) is 1.86. The molecule has 80 valence electrons. The summed E-state index contributed by atoms with van der Waals surface area (Å²) >= 11 is 0. The minimum Gasteiger partial charge on any atom is -0.310 e. The highest BCUT2D eigenvalue weighted by molar-refractivity contribution is 5.36. The lowest BCUT2D eigenvalue weighted by molar-refractivity contribution is -0.387. The molecule has 1 atom stereocenters. The van der Waals surface area contributed by atoms with Crippen LogP contribution < -0.4 is 5.32 Å². The van der Waals surface area contributed by atoms with Gasteiger partial charge < -0.3 is 5.32 Å². The number of benzene rings is 1. The van der Waals surface area contributed by atoms with Crippen molar-refractivity contribution in [3.8, 4) is 0 Å². The van der Waals surface area contributed by atoms with Crippen LogP contribution in [0.3, 0.4) is 0 Å². The number of nitro groups is 1. The maximum absolute atomic E-state index is 13.3.